The van der Waals surface area contributed by atoms with E-state index in [4.69, 9.17) is 5.11 Å². The van der Waals surface area contributed by atoms with Crippen LogP contribution >= 0.6 is 15.9 Å². The summed E-state index contributed by atoms with van der Waals surface area (Å²) in [5.74, 6) is 0. The van der Waals surface area contributed by atoms with E-state index in [1.54, 1.807) is 6.20 Å². The second-order valence-electron chi connectivity index (χ2n) is 3.07. The number of aliphatic hydroxyl groups excluding tert-OH is 1. The number of nitrogens with zero attached hydrogens (tertiary/aromatic N) is 2. The maximum absolute atomic E-state index is 8.92. The maximum atomic E-state index is 8.92. The Kier molecular flexibility index (Phi) is 3.08. The first kappa shape index (κ1) is 10.3. The molecule has 1 heterocycles. The molecule has 0 fully saturated rings. The molecular formula is C11H9BrN2O. The zero-order valence-electron chi connectivity index (χ0n) is 7.89. The van der Waals surface area contributed by atoms with Crippen molar-refractivity contribution in [3.63, 3.8) is 0 Å². The van der Waals surface area contributed by atoms with Gasteiger partial charge in [-0.1, -0.05) is 24.3 Å². The van der Waals surface area contributed by atoms with E-state index < -0.39 is 0 Å². The summed E-state index contributed by atoms with van der Waals surface area (Å²) < 4.78 is 0.863. The minimum absolute atomic E-state index is 0.0607. The van der Waals surface area contributed by atoms with Crippen LogP contribution in [0.15, 0.2) is 41.3 Å². The number of rotatable bonds is 2. The fourth-order valence-corrected chi connectivity index (χ4v) is 1.74. The molecule has 0 unspecified atom stereocenters. The molecule has 1 aromatic heterocycles. The topological polar surface area (TPSA) is 46.0 Å². The molecule has 0 aliphatic carbocycles. The molecule has 1 N–H and O–H groups in total. The summed E-state index contributed by atoms with van der Waals surface area (Å²) in [6, 6.07) is 7.62. The second kappa shape index (κ2) is 4.51. The normalized spacial score (nSPS) is 10.3. The van der Waals surface area contributed by atoms with E-state index in [1.807, 2.05) is 24.3 Å². The lowest BCUT2D eigenvalue weighted by Crippen LogP contribution is -1.88. The molecule has 4 heteroatoms. The smallest absolute Gasteiger partial charge is 0.116 e. The lowest BCUT2D eigenvalue weighted by atomic mass is 10.1. The highest BCUT2D eigenvalue weighted by atomic mass is 79.9. The Bertz CT molecular complexity index is 456. The Morgan fingerprint density at radius 2 is 1.93 bits per heavy atom. The highest BCUT2D eigenvalue weighted by Crippen LogP contribution is 2.24. The predicted octanol–water partition coefficient (Wildman–Crippen LogP) is 2.40. The van der Waals surface area contributed by atoms with Crippen molar-refractivity contribution in [2.75, 3.05) is 0 Å². The maximum Gasteiger partial charge on any atom is 0.116 e. The SMILES string of the molecule is OCc1ccc(-c2ncncc2Br)cc1. The van der Waals surface area contributed by atoms with Crippen LogP contribution in [0.1, 0.15) is 5.56 Å². The predicted molar refractivity (Wildman–Crippen MR) is 61.1 cm³/mol. The highest BCUT2D eigenvalue weighted by Gasteiger charge is 2.03. The van der Waals surface area contributed by atoms with Crippen molar-refractivity contribution in [1.29, 1.82) is 0 Å². The van der Waals surface area contributed by atoms with E-state index in [0.29, 0.717) is 0 Å². The quantitative estimate of drug-likeness (QED) is 0.906. The molecule has 0 atom stereocenters. The first-order chi connectivity index (χ1) is 7.31. The van der Waals surface area contributed by atoms with Gasteiger partial charge in [0.2, 0.25) is 0 Å². The van der Waals surface area contributed by atoms with Crippen LogP contribution < -0.4 is 0 Å². The second-order valence-corrected chi connectivity index (χ2v) is 3.93. The Morgan fingerprint density at radius 3 is 2.53 bits per heavy atom. The highest BCUT2D eigenvalue weighted by molar-refractivity contribution is 9.10. The average Bonchev–Trinajstić information content (AvgIpc) is 2.30. The Labute approximate surface area is 96.0 Å². The molecule has 0 aliphatic heterocycles. The van der Waals surface area contributed by atoms with E-state index in [2.05, 4.69) is 25.9 Å². The van der Waals surface area contributed by atoms with E-state index in [-0.39, 0.29) is 6.61 Å². The van der Waals surface area contributed by atoms with Crippen molar-refractivity contribution in [3.8, 4) is 11.3 Å². The monoisotopic (exact) mass is 264 g/mol. The van der Waals surface area contributed by atoms with Crippen LogP contribution in [-0.2, 0) is 6.61 Å². The summed E-state index contributed by atoms with van der Waals surface area (Å²) in [5.41, 5.74) is 2.75. The Morgan fingerprint density at radius 1 is 1.20 bits per heavy atom. The zero-order valence-corrected chi connectivity index (χ0v) is 9.48. The lowest BCUT2D eigenvalue weighted by Gasteiger charge is -2.03. The summed E-state index contributed by atoms with van der Waals surface area (Å²) in [7, 11) is 0. The molecule has 1 aromatic carbocycles. The molecular weight excluding hydrogens is 256 g/mol. The number of halogens is 1. The number of benzene rings is 1. The van der Waals surface area contributed by atoms with Crippen molar-refractivity contribution in [2.24, 2.45) is 0 Å². The molecule has 2 aromatic rings. The molecule has 0 amide bonds. The number of aliphatic hydroxyl groups is 1. The third kappa shape index (κ3) is 2.22. The van der Waals surface area contributed by atoms with E-state index in [1.165, 1.54) is 6.33 Å². The van der Waals surface area contributed by atoms with Gasteiger partial charge in [-0.25, -0.2) is 9.97 Å². The fourth-order valence-electron chi connectivity index (χ4n) is 1.29. The molecule has 2 rings (SSSR count). The van der Waals surface area contributed by atoms with Gasteiger partial charge in [0.1, 0.15) is 6.33 Å². The largest absolute Gasteiger partial charge is 0.392 e. The van der Waals surface area contributed by atoms with Gasteiger partial charge < -0.3 is 5.11 Å². The molecule has 76 valence electrons. The van der Waals surface area contributed by atoms with Gasteiger partial charge in [0.15, 0.2) is 0 Å². The molecule has 0 bridgehead atoms. The van der Waals surface area contributed by atoms with Crippen LogP contribution in [0.4, 0.5) is 0 Å². The lowest BCUT2D eigenvalue weighted by molar-refractivity contribution is 0.282. The number of hydrogen-bond donors (Lipinski definition) is 1. The molecule has 0 aliphatic rings. The van der Waals surface area contributed by atoms with Crippen LogP contribution in [0, 0.1) is 0 Å². The van der Waals surface area contributed by atoms with Crippen molar-refractivity contribution in [1.82, 2.24) is 9.97 Å². The van der Waals surface area contributed by atoms with Crippen molar-refractivity contribution in [3.05, 3.63) is 46.8 Å². The van der Waals surface area contributed by atoms with Gasteiger partial charge in [-0.2, -0.15) is 0 Å². The fraction of sp³-hybridized carbons (Fsp3) is 0.0909. The van der Waals surface area contributed by atoms with Gasteiger partial charge in [-0.15, -0.1) is 0 Å². The van der Waals surface area contributed by atoms with Crippen LogP contribution in [0.5, 0.6) is 0 Å². The minimum atomic E-state index is 0.0607. The summed E-state index contributed by atoms with van der Waals surface area (Å²) in [5, 5.41) is 8.92. The van der Waals surface area contributed by atoms with Gasteiger partial charge >= 0.3 is 0 Å². The molecule has 0 saturated heterocycles. The number of hydrogen-bond acceptors (Lipinski definition) is 3. The van der Waals surface area contributed by atoms with E-state index in [0.717, 1.165) is 21.3 Å². The molecule has 15 heavy (non-hydrogen) atoms. The van der Waals surface area contributed by atoms with Gasteiger partial charge in [0, 0.05) is 11.8 Å². The van der Waals surface area contributed by atoms with Crippen LogP contribution in [0.25, 0.3) is 11.3 Å². The van der Waals surface area contributed by atoms with E-state index in [9.17, 15) is 0 Å². The third-order valence-corrected chi connectivity index (χ3v) is 2.66. The van der Waals surface area contributed by atoms with Crippen molar-refractivity contribution in [2.45, 2.75) is 6.61 Å². The van der Waals surface area contributed by atoms with Crippen LogP contribution in [0.2, 0.25) is 0 Å². The first-order valence-corrected chi connectivity index (χ1v) is 5.26. The molecule has 0 spiro atoms. The van der Waals surface area contributed by atoms with Gasteiger partial charge in [0.05, 0.1) is 16.8 Å². The molecule has 3 nitrogen and oxygen atoms in total. The van der Waals surface area contributed by atoms with Gasteiger partial charge in [0.25, 0.3) is 0 Å². The Hall–Kier alpha value is -1.26. The van der Waals surface area contributed by atoms with Gasteiger partial charge in [-0.3, -0.25) is 0 Å². The summed E-state index contributed by atoms with van der Waals surface area (Å²) >= 11 is 3.39. The first-order valence-electron chi connectivity index (χ1n) is 4.47. The number of aromatic nitrogens is 2. The van der Waals surface area contributed by atoms with Crippen LogP contribution in [-0.4, -0.2) is 15.1 Å². The molecule has 0 saturated carbocycles. The molecule has 0 radical (unpaired) electrons. The van der Waals surface area contributed by atoms with Gasteiger partial charge in [-0.05, 0) is 21.5 Å². The van der Waals surface area contributed by atoms with E-state index >= 15 is 0 Å². The van der Waals surface area contributed by atoms with Crippen molar-refractivity contribution < 1.29 is 5.11 Å². The third-order valence-electron chi connectivity index (χ3n) is 2.08. The summed E-state index contributed by atoms with van der Waals surface area (Å²) in [6.45, 7) is 0.0607. The van der Waals surface area contributed by atoms with Crippen LogP contribution in [0.3, 0.4) is 0 Å². The summed E-state index contributed by atoms with van der Waals surface area (Å²) in [4.78, 5) is 8.09. The average molecular weight is 265 g/mol. The summed E-state index contributed by atoms with van der Waals surface area (Å²) in [6.07, 6.45) is 3.22. The minimum Gasteiger partial charge on any atom is -0.392 e. The van der Waals surface area contributed by atoms with Crippen molar-refractivity contribution >= 4 is 15.9 Å². The zero-order chi connectivity index (χ0) is 10.7. The Balaban J connectivity index is 2.42. The standard InChI is InChI=1S/C11H9BrN2O/c12-10-5-13-7-14-11(10)9-3-1-8(6-15)2-4-9/h1-5,7,15H,6H2.